The molecule has 21 heavy (non-hydrogen) atoms. The van der Waals surface area contributed by atoms with E-state index in [1.807, 2.05) is 0 Å². The molecule has 0 bridgehead atoms. The van der Waals surface area contributed by atoms with Gasteiger partial charge in [0.15, 0.2) is 0 Å². The van der Waals surface area contributed by atoms with Gasteiger partial charge in [-0.25, -0.2) is 0 Å². The van der Waals surface area contributed by atoms with Gasteiger partial charge in [-0.3, -0.25) is 0 Å². The third-order valence-corrected chi connectivity index (χ3v) is 4.00. The molecule has 0 fully saturated rings. The highest BCUT2D eigenvalue weighted by Crippen LogP contribution is 2.31. The molecule has 0 atom stereocenters. The summed E-state index contributed by atoms with van der Waals surface area (Å²) in [6.45, 7) is 13.0. The average molecular weight is 281 g/mol. The molecule has 0 saturated heterocycles. The fourth-order valence-electron chi connectivity index (χ4n) is 3.06. The van der Waals surface area contributed by atoms with Crippen molar-refractivity contribution in [3.63, 3.8) is 0 Å². The van der Waals surface area contributed by atoms with E-state index in [9.17, 15) is 0 Å². The van der Waals surface area contributed by atoms with Gasteiger partial charge in [0, 0.05) is 6.54 Å². The Morgan fingerprint density at radius 1 is 0.857 bits per heavy atom. The Morgan fingerprint density at radius 3 is 2.14 bits per heavy atom. The molecular formula is C20H27N. The molecule has 0 aliphatic rings. The fourth-order valence-corrected chi connectivity index (χ4v) is 3.06. The van der Waals surface area contributed by atoms with Crippen LogP contribution in [0.1, 0.15) is 41.2 Å². The smallest absolute Gasteiger partial charge is 0.0205 e. The van der Waals surface area contributed by atoms with Crippen LogP contribution in [0, 0.1) is 27.7 Å². The largest absolute Gasteiger partial charge is 0.313 e. The van der Waals surface area contributed by atoms with Crippen molar-refractivity contribution in [2.75, 3.05) is 6.54 Å². The topological polar surface area (TPSA) is 12.0 Å². The highest BCUT2D eigenvalue weighted by Gasteiger charge is 2.10. The second-order valence-corrected chi connectivity index (χ2v) is 6.10. The molecule has 2 aromatic carbocycles. The zero-order chi connectivity index (χ0) is 15.4. The second-order valence-electron chi connectivity index (χ2n) is 6.10. The van der Waals surface area contributed by atoms with E-state index in [2.05, 4.69) is 70.3 Å². The van der Waals surface area contributed by atoms with Crippen molar-refractivity contribution in [2.24, 2.45) is 0 Å². The van der Waals surface area contributed by atoms with Gasteiger partial charge < -0.3 is 5.32 Å². The number of aryl methyl sites for hydroxylation is 4. The summed E-state index contributed by atoms with van der Waals surface area (Å²) in [5.41, 5.74) is 9.57. The normalized spacial score (nSPS) is 10.9. The maximum Gasteiger partial charge on any atom is 0.0205 e. The first kappa shape index (κ1) is 15.8. The summed E-state index contributed by atoms with van der Waals surface area (Å²) < 4.78 is 0. The minimum Gasteiger partial charge on any atom is -0.313 e. The van der Waals surface area contributed by atoms with E-state index in [-0.39, 0.29) is 0 Å². The Hall–Kier alpha value is -1.60. The first-order valence-electron chi connectivity index (χ1n) is 7.91. The lowest BCUT2D eigenvalue weighted by Crippen LogP contribution is -2.13. The average Bonchev–Trinajstić information content (AvgIpc) is 2.41. The summed E-state index contributed by atoms with van der Waals surface area (Å²) in [6.07, 6.45) is 1.18. The van der Waals surface area contributed by atoms with Crippen LogP contribution in [0.5, 0.6) is 0 Å². The summed E-state index contributed by atoms with van der Waals surface area (Å²) in [5.74, 6) is 0. The molecule has 0 aliphatic heterocycles. The molecule has 0 spiro atoms. The van der Waals surface area contributed by atoms with Crippen LogP contribution in [-0.4, -0.2) is 6.54 Å². The van der Waals surface area contributed by atoms with Crippen LogP contribution in [0.15, 0.2) is 30.3 Å². The third kappa shape index (κ3) is 3.74. The van der Waals surface area contributed by atoms with Crippen LogP contribution in [0.3, 0.4) is 0 Å². The lowest BCUT2D eigenvalue weighted by molar-refractivity contribution is 0.675. The molecule has 1 heteroatoms. The van der Waals surface area contributed by atoms with E-state index in [1.54, 1.807) is 0 Å². The zero-order valence-corrected chi connectivity index (χ0v) is 14.0. The van der Waals surface area contributed by atoms with Crippen molar-refractivity contribution in [1.29, 1.82) is 0 Å². The van der Waals surface area contributed by atoms with Gasteiger partial charge in [-0.1, -0.05) is 36.8 Å². The molecule has 2 aromatic rings. The van der Waals surface area contributed by atoms with Gasteiger partial charge >= 0.3 is 0 Å². The van der Waals surface area contributed by atoms with Crippen LogP contribution >= 0.6 is 0 Å². The highest BCUT2D eigenvalue weighted by atomic mass is 14.8. The molecule has 1 nitrogen and oxygen atoms in total. The second kappa shape index (κ2) is 6.91. The maximum atomic E-state index is 3.49. The maximum absolute atomic E-state index is 3.49. The minimum absolute atomic E-state index is 0.949. The summed E-state index contributed by atoms with van der Waals surface area (Å²) in [6, 6.07) is 11.4. The minimum atomic E-state index is 0.949. The predicted octanol–water partition coefficient (Wildman–Crippen LogP) is 5.09. The molecular weight excluding hydrogens is 254 g/mol. The van der Waals surface area contributed by atoms with Crippen molar-refractivity contribution < 1.29 is 0 Å². The summed E-state index contributed by atoms with van der Waals surface area (Å²) in [4.78, 5) is 0. The Labute approximate surface area is 129 Å². The van der Waals surface area contributed by atoms with E-state index in [4.69, 9.17) is 0 Å². The van der Waals surface area contributed by atoms with Crippen LogP contribution < -0.4 is 5.32 Å². The van der Waals surface area contributed by atoms with Gasteiger partial charge in [0.2, 0.25) is 0 Å². The number of hydrogen-bond donors (Lipinski definition) is 1. The lowest BCUT2D eigenvalue weighted by atomic mass is 9.90. The Bertz CT molecular complexity index is 603. The standard InChI is InChI=1S/C20H27N/c1-6-9-21-13-18-8-7-15(3)19(12-18)20-16(4)10-14(2)11-17(20)5/h7-8,10-12,21H,6,9,13H2,1-5H3. The van der Waals surface area contributed by atoms with E-state index in [0.717, 1.165) is 13.1 Å². The van der Waals surface area contributed by atoms with Crippen molar-refractivity contribution in [3.8, 4) is 11.1 Å². The Kier molecular flexibility index (Phi) is 5.19. The van der Waals surface area contributed by atoms with Gasteiger partial charge in [-0.15, -0.1) is 0 Å². The predicted molar refractivity (Wildman–Crippen MR) is 92.8 cm³/mol. The van der Waals surface area contributed by atoms with Gasteiger partial charge in [-0.2, -0.15) is 0 Å². The van der Waals surface area contributed by atoms with Gasteiger partial charge in [0.25, 0.3) is 0 Å². The molecule has 0 unspecified atom stereocenters. The molecule has 2 rings (SSSR count). The van der Waals surface area contributed by atoms with E-state index >= 15 is 0 Å². The Morgan fingerprint density at radius 2 is 1.52 bits per heavy atom. The Balaban J connectivity index is 2.41. The summed E-state index contributed by atoms with van der Waals surface area (Å²) in [5, 5.41) is 3.49. The molecule has 0 heterocycles. The molecule has 1 N–H and O–H groups in total. The number of nitrogens with one attached hydrogen (secondary N) is 1. The van der Waals surface area contributed by atoms with Crippen molar-refractivity contribution in [1.82, 2.24) is 5.32 Å². The molecule has 112 valence electrons. The SMILES string of the molecule is CCCNCc1ccc(C)c(-c2c(C)cc(C)cc2C)c1. The summed E-state index contributed by atoms with van der Waals surface area (Å²) >= 11 is 0. The fraction of sp³-hybridized carbons (Fsp3) is 0.400. The first-order chi connectivity index (χ1) is 10.0. The van der Waals surface area contributed by atoms with Crippen LogP contribution in [0.2, 0.25) is 0 Å². The van der Waals surface area contributed by atoms with Gasteiger partial charge in [0.1, 0.15) is 0 Å². The molecule has 0 saturated carbocycles. The summed E-state index contributed by atoms with van der Waals surface area (Å²) in [7, 11) is 0. The number of hydrogen-bond acceptors (Lipinski definition) is 1. The van der Waals surface area contributed by atoms with E-state index in [1.165, 1.54) is 45.4 Å². The molecule has 0 amide bonds. The van der Waals surface area contributed by atoms with Crippen LogP contribution in [0.4, 0.5) is 0 Å². The van der Waals surface area contributed by atoms with E-state index < -0.39 is 0 Å². The van der Waals surface area contributed by atoms with Crippen molar-refractivity contribution >= 4 is 0 Å². The van der Waals surface area contributed by atoms with Crippen LogP contribution in [0.25, 0.3) is 11.1 Å². The molecule has 0 aromatic heterocycles. The number of rotatable bonds is 5. The monoisotopic (exact) mass is 281 g/mol. The third-order valence-electron chi connectivity index (χ3n) is 4.00. The van der Waals surface area contributed by atoms with Crippen LogP contribution in [-0.2, 0) is 6.54 Å². The quantitative estimate of drug-likeness (QED) is 0.753. The highest BCUT2D eigenvalue weighted by molar-refractivity contribution is 5.74. The number of benzene rings is 2. The molecule has 0 aliphatic carbocycles. The zero-order valence-electron chi connectivity index (χ0n) is 14.0. The van der Waals surface area contributed by atoms with E-state index in [0.29, 0.717) is 0 Å². The van der Waals surface area contributed by atoms with Crippen molar-refractivity contribution in [2.45, 2.75) is 47.6 Å². The van der Waals surface area contributed by atoms with Gasteiger partial charge in [0.05, 0.1) is 0 Å². The molecule has 0 radical (unpaired) electrons. The first-order valence-corrected chi connectivity index (χ1v) is 7.91. The van der Waals surface area contributed by atoms with Crippen molar-refractivity contribution in [3.05, 3.63) is 58.1 Å². The van der Waals surface area contributed by atoms with Gasteiger partial charge in [-0.05, 0) is 80.1 Å². The lowest BCUT2D eigenvalue weighted by Gasteiger charge is -2.15.